The average molecular weight is 387 g/mol. The summed E-state index contributed by atoms with van der Waals surface area (Å²) in [7, 11) is 0. The van der Waals surface area contributed by atoms with Crippen molar-refractivity contribution in [3.8, 4) is 0 Å². The minimum absolute atomic E-state index is 0.0689. The maximum Gasteiger partial charge on any atom is 0.325 e. The fourth-order valence-electron chi connectivity index (χ4n) is 3.85. The zero-order chi connectivity index (χ0) is 20.6. The molecule has 0 bridgehead atoms. The summed E-state index contributed by atoms with van der Waals surface area (Å²) >= 11 is 0. The summed E-state index contributed by atoms with van der Waals surface area (Å²) in [5.74, 6) is -0.273. The van der Waals surface area contributed by atoms with Crippen LogP contribution in [0.4, 0.5) is 4.79 Å². The Labute approximate surface area is 166 Å². The number of urea groups is 1. The standard InChI is InChI=1S/C21H29N3O4/c1-13(2)16-6-8-17(9-7-16)21(5)19(26)24(20(27)22-21)12-18(25)23-10-14(3)28-15(4)11-23/h6-9,13-15H,10-12H2,1-5H3,(H,22,27)/t14-,15-,21+/m0/s1. The van der Waals surface area contributed by atoms with Crippen LogP contribution in [0.15, 0.2) is 24.3 Å². The Morgan fingerprint density at radius 1 is 1.18 bits per heavy atom. The molecule has 0 aliphatic carbocycles. The van der Waals surface area contributed by atoms with Gasteiger partial charge in [0.2, 0.25) is 5.91 Å². The average Bonchev–Trinajstić information content (AvgIpc) is 2.85. The second kappa shape index (κ2) is 7.54. The highest BCUT2D eigenvalue weighted by Gasteiger charge is 2.49. The molecule has 7 nitrogen and oxygen atoms in total. The molecule has 1 N–H and O–H groups in total. The van der Waals surface area contributed by atoms with E-state index in [1.54, 1.807) is 11.8 Å². The number of nitrogens with zero attached hydrogens (tertiary/aromatic N) is 2. The molecule has 2 fully saturated rings. The lowest BCUT2D eigenvalue weighted by Gasteiger charge is -2.35. The number of imide groups is 1. The van der Waals surface area contributed by atoms with Gasteiger partial charge >= 0.3 is 6.03 Å². The predicted molar refractivity (Wildman–Crippen MR) is 105 cm³/mol. The van der Waals surface area contributed by atoms with Gasteiger partial charge in [-0.3, -0.25) is 14.5 Å². The van der Waals surface area contributed by atoms with Gasteiger partial charge in [-0.2, -0.15) is 0 Å². The number of carbonyl (C=O) groups is 3. The molecule has 0 spiro atoms. The smallest absolute Gasteiger partial charge is 0.325 e. The monoisotopic (exact) mass is 387 g/mol. The van der Waals surface area contributed by atoms with E-state index in [2.05, 4.69) is 19.2 Å². The van der Waals surface area contributed by atoms with Crippen molar-refractivity contribution in [1.29, 1.82) is 0 Å². The first-order valence-electron chi connectivity index (χ1n) is 9.79. The number of ether oxygens (including phenoxy) is 1. The zero-order valence-electron chi connectivity index (χ0n) is 17.2. The highest BCUT2D eigenvalue weighted by atomic mass is 16.5. The largest absolute Gasteiger partial charge is 0.372 e. The van der Waals surface area contributed by atoms with Gasteiger partial charge < -0.3 is 15.0 Å². The summed E-state index contributed by atoms with van der Waals surface area (Å²) in [6.45, 7) is 10.3. The van der Waals surface area contributed by atoms with Crippen LogP contribution in [0.5, 0.6) is 0 Å². The molecule has 3 rings (SSSR count). The fraction of sp³-hybridized carbons (Fsp3) is 0.571. The molecular weight excluding hydrogens is 358 g/mol. The molecule has 1 aromatic rings. The number of amides is 4. The Hall–Kier alpha value is -2.41. The summed E-state index contributed by atoms with van der Waals surface area (Å²) in [5.41, 5.74) is 0.698. The number of hydrogen-bond donors (Lipinski definition) is 1. The molecule has 0 saturated carbocycles. The molecule has 2 aliphatic rings. The predicted octanol–water partition coefficient (Wildman–Crippen LogP) is 2.21. The number of nitrogens with one attached hydrogen (secondary N) is 1. The quantitative estimate of drug-likeness (QED) is 0.804. The van der Waals surface area contributed by atoms with E-state index in [-0.39, 0.29) is 24.7 Å². The molecule has 0 radical (unpaired) electrons. The summed E-state index contributed by atoms with van der Waals surface area (Å²) in [6, 6.07) is 7.13. The molecular formula is C21H29N3O4. The Morgan fingerprint density at radius 2 is 1.75 bits per heavy atom. The van der Waals surface area contributed by atoms with Gasteiger partial charge in [-0.15, -0.1) is 0 Å². The maximum atomic E-state index is 13.1. The van der Waals surface area contributed by atoms with Gasteiger partial charge in [-0.1, -0.05) is 38.1 Å². The number of rotatable bonds is 4. The summed E-state index contributed by atoms with van der Waals surface area (Å²) in [5, 5.41) is 2.76. The SMILES string of the molecule is CC(C)c1ccc([C@@]2(C)NC(=O)N(CC(=O)N3C[C@H](C)O[C@@H](C)C3)C2=O)cc1. The van der Waals surface area contributed by atoms with Crippen LogP contribution < -0.4 is 5.32 Å². The van der Waals surface area contributed by atoms with Gasteiger partial charge in [0.05, 0.1) is 12.2 Å². The molecule has 2 aliphatic heterocycles. The lowest BCUT2D eigenvalue weighted by Crippen LogP contribution is -2.52. The Kier molecular flexibility index (Phi) is 5.48. The van der Waals surface area contributed by atoms with Crippen LogP contribution in [0, 0.1) is 0 Å². The topological polar surface area (TPSA) is 79.0 Å². The number of morpholine rings is 1. The first-order valence-corrected chi connectivity index (χ1v) is 9.79. The van der Waals surface area contributed by atoms with Crippen molar-refractivity contribution < 1.29 is 19.1 Å². The summed E-state index contributed by atoms with van der Waals surface area (Å²) in [6.07, 6.45) is -0.138. The van der Waals surface area contributed by atoms with Crippen molar-refractivity contribution >= 4 is 17.8 Å². The van der Waals surface area contributed by atoms with E-state index in [1.165, 1.54) is 0 Å². The van der Waals surface area contributed by atoms with Crippen LogP contribution in [-0.4, -0.2) is 59.5 Å². The van der Waals surface area contributed by atoms with Gasteiger partial charge in [0, 0.05) is 13.1 Å². The molecule has 152 valence electrons. The second-order valence-electron chi connectivity index (χ2n) is 8.28. The Bertz CT molecular complexity index is 766. The lowest BCUT2D eigenvalue weighted by molar-refractivity contribution is -0.146. The van der Waals surface area contributed by atoms with Crippen molar-refractivity contribution in [1.82, 2.24) is 15.1 Å². The minimum Gasteiger partial charge on any atom is -0.372 e. The van der Waals surface area contributed by atoms with E-state index < -0.39 is 17.5 Å². The van der Waals surface area contributed by atoms with Crippen molar-refractivity contribution in [3.63, 3.8) is 0 Å². The van der Waals surface area contributed by atoms with E-state index in [1.807, 2.05) is 38.1 Å². The van der Waals surface area contributed by atoms with E-state index in [0.29, 0.717) is 24.6 Å². The summed E-state index contributed by atoms with van der Waals surface area (Å²) < 4.78 is 5.64. The maximum absolute atomic E-state index is 13.1. The van der Waals surface area contributed by atoms with E-state index in [4.69, 9.17) is 4.74 Å². The third kappa shape index (κ3) is 3.76. The van der Waals surface area contributed by atoms with Gasteiger partial charge in [0.15, 0.2) is 0 Å². The van der Waals surface area contributed by atoms with Crippen molar-refractivity contribution in [3.05, 3.63) is 35.4 Å². The van der Waals surface area contributed by atoms with Crippen molar-refractivity contribution in [2.75, 3.05) is 19.6 Å². The fourth-order valence-corrected chi connectivity index (χ4v) is 3.85. The number of hydrogen-bond acceptors (Lipinski definition) is 4. The molecule has 7 heteroatoms. The molecule has 0 aromatic heterocycles. The first-order chi connectivity index (χ1) is 13.1. The van der Waals surface area contributed by atoms with Crippen molar-refractivity contribution in [2.24, 2.45) is 0 Å². The highest BCUT2D eigenvalue weighted by molar-refractivity contribution is 6.09. The summed E-state index contributed by atoms with van der Waals surface area (Å²) in [4.78, 5) is 40.9. The molecule has 28 heavy (non-hydrogen) atoms. The van der Waals surface area contributed by atoms with Gasteiger partial charge in [0.1, 0.15) is 12.1 Å². The number of carbonyl (C=O) groups excluding carboxylic acids is 3. The van der Waals surface area contributed by atoms with E-state index >= 15 is 0 Å². The Morgan fingerprint density at radius 3 is 2.29 bits per heavy atom. The molecule has 2 heterocycles. The molecule has 4 amide bonds. The van der Waals surface area contributed by atoms with E-state index in [0.717, 1.165) is 10.5 Å². The Balaban J connectivity index is 1.74. The third-order valence-corrected chi connectivity index (χ3v) is 5.50. The van der Waals surface area contributed by atoms with Crippen LogP contribution in [0.1, 0.15) is 51.7 Å². The molecule has 2 saturated heterocycles. The highest BCUT2D eigenvalue weighted by Crippen LogP contribution is 2.30. The van der Waals surface area contributed by atoms with Crippen LogP contribution in [0.25, 0.3) is 0 Å². The first kappa shape index (κ1) is 20.3. The van der Waals surface area contributed by atoms with Gasteiger partial charge in [-0.05, 0) is 37.8 Å². The second-order valence-corrected chi connectivity index (χ2v) is 8.28. The lowest BCUT2D eigenvalue weighted by atomic mass is 9.90. The molecule has 3 atom stereocenters. The molecule has 0 unspecified atom stereocenters. The number of benzene rings is 1. The van der Waals surface area contributed by atoms with Gasteiger partial charge in [-0.25, -0.2) is 4.79 Å². The normalized spacial score (nSPS) is 28.1. The third-order valence-electron chi connectivity index (χ3n) is 5.50. The van der Waals surface area contributed by atoms with Crippen LogP contribution in [-0.2, 0) is 19.9 Å². The minimum atomic E-state index is -1.17. The van der Waals surface area contributed by atoms with E-state index in [9.17, 15) is 14.4 Å². The van der Waals surface area contributed by atoms with Crippen LogP contribution in [0.2, 0.25) is 0 Å². The zero-order valence-corrected chi connectivity index (χ0v) is 17.2. The van der Waals surface area contributed by atoms with Crippen molar-refractivity contribution in [2.45, 2.75) is 58.3 Å². The molecule has 1 aromatic carbocycles. The van der Waals surface area contributed by atoms with Crippen LogP contribution >= 0.6 is 0 Å². The van der Waals surface area contributed by atoms with Gasteiger partial charge in [0.25, 0.3) is 5.91 Å². The van der Waals surface area contributed by atoms with Crippen LogP contribution in [0.3, 0.4) is 0 Å².